The fourth-order valence-electron chi connectivity index (χ4n) is 12.1. The molecular weight excluding hydrogens is 1240 g/mol. The molecular formula is C72H82N4O20. The Balaban J connectivity index is 1.16. The number of aromatic amines is 2. The minimum atomic E-state index is -1.46. The van der Waals surface area contributed by atoms with Crippen molar-refractivity contribution in [3.8, 4) is 33.8 Å². The van der Waals surface area contributed by atoms with Crippen LogP contribution >= 0.6 is 0 Å². The molecule has 24 heteroatoms. The third-order valence-electron chi connectivity index (χ3n) is 16.2. The number of carbonyl (C=O) groups excluding carboxylic acids is 8. The molecule has 4 aliphatic rings. The summed E-state index contributed by atoms with van der Waals surface area (Å²) in [5.41, 5.74) is 11.1. The van der Waals surface area contributed by atoms with Crippen LogP contribution in [0.5, 0.6) is 11.5 Å². The molecule has 10 atom stereocenters. The van der Waals surface area contributed by atoms with Gasteiger partial charge in [-0.2, -0.15) is 0 Å². The Morgan fingerprint density at radius 1 is 0.375 bits per heavy atom. The van der Waals surface area contributed by atoms with Crippen LogP contribution in [0.25, 0.3) is 68.6 Å². The molecule has 4 aliphatic heterocycles. The summed E-state index contributed by atoms with van der Waals surface area (Å²) in [4.78, 5) is 118. The van der Waals surface area contributed by atoms with Crippen LogP contribution in [0, 0.1) is 0 Å². The van der Waals surface area contributed by atoms with Gasteiger partial charge in [-0.05, 0) is 110 Å². The van der Waals surface area contributed by atoms with Crippen LogP contribution in [0.2, 0.25) is 0 Å². The van der Waals surface area contributed by atoms with Gasteiger partial charge in [-0.1, -0.05) is 76.6 Å². The predicted molar refractivity (Wildman–Crippen MR) is 351 cm³/mol. The summed E-state index contributed by atoms with van der Waals surface area (Å²) in [6.45, 7) is 12.8. The van der Waals surface area contributed by atoms with E-state index in [2.05, 4.69) is 35.9 Å². The van der Waals surface area contributed by atoms with E-state index in [0.717, 1.165) is 160 Å². The third kappa shape index (κ3) is 18.0. The second kappa shape index (κ2) is 32.6. The SMILES string of the molecule is CCCCCCc1c2nc(c(-c3ccc(O[C@@H]4OC(COC(C)=O)[C@H](OC(C)=O)C(OC(C)=O)C4OC(C)=O)cc3)c3ccc([nH]3)c(CCCCCC)c3nc(c(-c4ccc(OC5O[C@H](COC(C)=O)C(OC(C)=O)C(OC(C)=O)[C@H]5OC(C)=O)cc4)c4ccc1[nH]4)C=C3)C=C2. The number of nitrogens with zero attached hydrogens (tertiary/aromatic N) is 2. The number of hydrogen-bond donors (Lipinski definition) is 2. The maximum absolute atomic E-state index is 12.7. The number of carbonyl (C=O) groups is 8. The van der Waals surface area contributed by atoms with Gasteiger partial charge in [-0.3, -0.25) is 38.4 Å². The summed E-state index contributed by atoms with van der Waals surface area (Å²) in [5, 5.41) is 0. The lowest BCUT2D eigenvalue weighted by Crippen LogP contribution is -2.63. The fourth-order valence-corrected chi connectivity index (χ4v) is 12.1. The number of aryl methyl sites for hydroxylation is 2. The van der Waals surface area contributed by atoms with Crippen molar-refractivity contribution in [2.24, 2.45) is 0 Å². The predicted octanol–water partition coefficient (Wildman–Crippen LogP) is 11.2. The summed E-state index contributed by atoms with van der Waals surface area (Å²) in [6.07, 6.45) is 3.60. The van der Waals surface area contributed by atoms with Crippen LogP contribution in [0.15, 0.2) is 72.8 Å². The van der Waals surface area contributed by atoms with Crippen LogP contribution in [0.1, 0.15) is 155 Å². The zero-order valence-corrected chi connectivity index (χ0v) is 55.6. The number of hydrogen-bond acceptors (Lipinski definition) is 22. The third-order valence-corrected chi connectivity index (χ3v) is 16.2. The summed E-state index contributed by atoms with van der Waals surface area (Å²) in [5.74, 6) is -5.37. The lowest BCUT2D eigenvalue weighted by molar-refractivity contribution is -0.288. The van der Waals surface area contributed by atoms with E-state index >= 15 is 0 Å². The number of nitrogens with one attached hydrogen (secondary N) is 2. The van der Waals surface area contributed by atoms with Crippen LogP contribution < -0.4 is 9.47 Å². The van der Waals surface area contributed by atoms with E-state index in [1.165, 1.54) is 13.8 Å². The number of esters is 8. The van der Waals surface area contributed by atoms with Crippen molar-refractivity contribution >= 4 is 94.1 Å². The standard InChI is InChI=1S/C72H82N4O20/c1-11-13-15-17-19-51-53-29-33-57(73-53)63(47-21-25-49(26-22-47)93-71-69(91-45(9)83)67(89-43(7)81)65(87-41(5)79)61(95-71)37-85-39(3)77)59-35-31-55(75-59)52(20-18-16-14-12-2)56-32-36-60(76-56)64(58-34-30-54(51)74-58)48-23-27-50(28-24-48)94-72-70(92-46(10)84)68(90-44(8)82)66(88-42(6)80)62(96-72)38-86-40(4)78/h21-36,61-62,65-73,76H,11-20,37-38H2,1-10H3/t61-,62?,65?,66+,67?,68?,69-,70?,71?,72-/m1/s1. The lowest BCUT2D eigenvalue weighted by Gasteiger charge is -2.43. The molecule has 8 bridgehead atoms. The lowest BCUT2D eigenvalue weighted by atomic mass is 9.98. The quantitative estimate of drug-likeness (QED) is 0.0289. The van der Waals surface area contributed by atoms with Crippen molar-refractivity contribution in [1.82, 2.24) is 19.9 Å². The highest BCUT2D eigenvalue weighted by Gasteiger charge is 2.55. The molecule has 2 fully saturated rings. The first kappa shape index (κ1) is 70.6. The Labute approximate surface area is 555 Å². The fraction of sp³-hybridized carbons (Fsp3) is 0.444. The van der Waals surface area contributed by atoms with Gasteiger partial charge in [0.25, 0.3) is 0 Å². The molecule has 6 unspecified atom stereocenters. The van der Waals surface area contributed by atoms with E-state index in [0.29, 0.717) is 24.2 Å². The number of unbranched alkanes of at least 4 members (excludes halogenated alkanes) is 6. The molecule has 96 heavy (non-hydrogen) atoms. The molecule has 0 spiro atoms. The highest BCUT2D eigenvalue weighted by atomic mass is 16.7. The van der Waals surface area contributed by atoms with E-state index in [4.69, 9.17) is 66.8 Å². The van der Waals surface area contributed by atoms with Gasteiger partial charge >= 0.3 is 47.8 Å². The van der Waals surface area contributed by atoms with Crippen molar-refractivity contribution < 1.29 is 95.2 Å². The van der Waals surface area contributed by atoms with E-state index in [1.807, 2.05) is 60.7 Å². The molecule has 2 N–H and O–H groups in total. The van der Waals surface area contributed by atoms with Gasteiger partial charge in [0.1, 0.15) is 36.9 Å². The molecule has 0 amide bonds. The molecule has 0 saturated carbocycles. The van der Waals surface area contributed by atoms with Crippen molar-refractivity contribution in [3.63, 3.8) is 0 Å². The highest BCUT2D eigenvalue weighted by molar-refractivity contribution is 5.94. The maximum atomic E-state index is 12.7. The van der Waals surface area contributed by atoms with Crippen molar-refractivity contribution in [2.75, 3.05) is 13.2 Å². The van der Waals surface area contributed by atoms with Crippen molar-refractivity contribution in [2.45, 2.75) is 195 Å². The zero-order chi connectivity index (χ0) is 68.7. The Morgan fingerprint density at radius 2 is 0.698 bits per heavy atom. The van der Waals surface area contributed by atoms with E-state index < -0.39 is 122 Å². The maximum Gasteiger partial charge on any atom is 0.303 e. The Hall–Kier alpha value is -9.68. The normalized spacial score (nSPS) is 21.1. The molecule has 2 aromatic carbocycles. The van der Waals surface area contributed by atoms with Gasteiger partial charge < -0.3 is 66.8 Å². The van der Waals surface area contributed by atoms with E-state index in [9.17, 15) is 38.4 Å². The van der Waals surface area contributed by atoms with Gasteiger partial charge in [-0.25, -0.2) is 9.97 Å². The van der Waals surface area contributed by atoms with E-state index in [1.54, 1.807) is 24.3 Å². The van der Waals surface area contributed by atoms with Crippen LogP contribution in [0.4, 0.5) is 0 Å². The molecule has 0 radical (unpaired) electrons. The van der Waals surface area contributed by atoms with Crippen LogP contribution in [-0.4, -0.2) is 142 Å². The number of H-pyrrole nitrogens is 2. The highest BCUT2D eigenvalue weighted by Crippen LogP contribution is 2.39. The topological polar surface area (TPSA) is 305 Å². The molecule has 3 aromatic heterocycles. The number of fused-ring (bicyclic) bond motifs is 8. The summed E-state index contributed by atoms with van der Waals surface area (Å²) < 4.78 is 69.8. The second-order valence-electron chi connectivity index (χ2n) is 23.8. The van der Waals surface area contributed by atoms with Crippen LogP contribution in [0.3, 0.4) is 0 Å². The van der Waals surface area contributed by atoms with E-state index in [-0.39, 0.29) is 11.5 Å². The van der Waals surface area contributed by atoms with Gasteiger partial charge in [0.05, 0.1) is 22.8 Å². The summed E-state index contributed by atoms with van der Waals surface area (Å²) in [6, 6.07) is 22.5. The molecule has 2 saturated heterocycles. The average Bonchev–Trinajstić information content (AvgIpc) is 1.30. The van der Waals surface area contributed by atoms with Gasteiger partial charge in [0.15, 0.2) is 24.4 Å². The molecule has 0 aliphatic carbocycles. The van der Waals surface area contributed by atoms with Gasteiger partial charge in [-0.15, -0.1) is 0 Å². The molecule has 510 valence electrons. The molecule has 5 aromatic rings. The second-order valence-corrected chi connectivity index (χ2v) is 23.8. The van der Waals surface area contributed by atoms with Crippen molar-refractivity contribution in [3.05, 3.63) is 107 Å². The number of ether oxygens (including phenoxy) is 12. The molecule has 24 nitrogen and oxygen atoms in total. The van der Waals surface area contributed by atoms with Crippen LogP contribution in [-0.2, 0) is 98.6 Å². The Kier molecular flexibility index (Phi) is 24.0. The monoisotopic (exact) mass is 1320 g/mol. The Bertz CT molecular complexity index is 3660. The Morgan fingerprint density at radius 3 is 1.03 bits per heavy atom. The summed E-state index contributed by atoms with van der Waals surface area (Å²) in [7, 11) is 0. The van der Waals surface area contributed by atoms with Gasteiger partial charge in [0.2, 0.25) is 24.8 Å². The summed E-state index contributed by atoms with van der Waals surface area (Å²) >= 11 is 0. The average molecular weight is 1320 g/mol. The molecule has 7 heterocycles. The van der Waals surface area contributed by atoms with Crippen molar-refractivity contribution in [1.29, 1.82) is 0 Å². The zero-order valence-electron chi connectivity index (χ0n) is 55.6. The number of benzene rings is 2. The first-order valence-electron chi connectivity index (χ1n) is 32.4. The van der Waals surface area contributed by atoms with Gasteiger partial charge in [0, 0.05) is 99.7 Å². The minimum absolute atomic E-state index is 0.256. The number of rotatable bonds is 26. The largest absolute Gasteiger partial charge is 0.463 e. The first-order chi connectivity index (χ1) is 46.1. The minimum Gasteiger partial charge on any atom is -0.463 e. The molecule has 9 rings (SSSR count). The first-order valence-corrected chi connectivity index (χ1v) is 32.4. The number of aromatic nitrogens is 4. The smallest absolute Gasteiger partial charge is 0.303 e.